The summed E-state index contributed by atoms with van der Waals surface area (Å²) in [6, 6.07) is 2.34. The molecule has 0 aliphatic carbocycles. The van der Waals surface area contributed by atoms with Crippen molar-refractivity contribution >= 4 is 27.3 Å². The highest BCUT2D eigenvalue weighted by Crippen LogP contribution is 2.31. The Morgan fingerprint density at radius 2 is 2.15 bits per heavy atom. The van der Waals surface area contributed by atoms with Crippen LogP contribution in [0.2, 0.25) is 0 Å². The van der Waals surface area contributed by atoms with Gasteiger partial charge in [-0.1, -0.05) is 13.8 Å². The summed E-state index contributed by atoms with van der Waals surface area (Å²) in [5, 5.41) is 0. The van der Waals surface area contributed by atoms with E-state index in [1.54, 1.807) is 11.3 Å². The topological polar surface area (TPSA) is 26.0 Å². The zero-order valence-corrected chi connectivity index (χ0v) is 10.7. The minimum absolute atomic E-state index is 0.197. The fraction of sp³-hybridized carbons (Fsp3) is 0.600. The van der Waals surface area contributed by atoms with Crippen LogP contribution < -0.4 is 5.73 Å². The van der Waals surface area contributed by atoms with E-state index in [9.17, 15) is 0 Å². The summed E-state index contributed by atoms with van der Waals surface area (Å²) in [7, 11) is 0. The van der Waals surface area contributed by atoms with Crippen molar-refractivity contribution in [3.63, 3.8) is 0 Å². The average molecular weight is 262 g/mol. The first kappa shape index (κ1) is 11.2. The maximum atomic E-state index is 6.10. The molecule has 0 aliphatic heterocycles. The van der Waals surface area contributed by atoms with E-state index in [-0.39, 0.29) is 6.04 Å². The molecule has 2 N–H and O–H groups in total. The number of hydrogen-bond donors (Lipinski definition) is 1. The molecule has 0 aliphatic rings. The predicted octanol–water partition coefficient (Wildman–Crippen LogP) is 3.86. The number of nitrogens with two attached hydrogens (primary N) is 1. The molecular weight excluding hydrogens is 246 g/mol. The Labute approximate surface area is 92.5 Å². The zero-order valence-electron chi connectivity index (χ0n) is 8.30. The maximum absolute atomic E-state index is 6.10. The van der Waals surface area contributed by atoms with E-state index < -0.39 is 0 Å². The van der Waals surface area contributed by atoms with E-state index in [1.807, 2.05) is 0 Å². The Hall–Kier alpha value is 0.140. The van der Waals surface area contributed by atoms with Gasteiger partial charge >= 0.3 is 0 Å². The lowest BCUT2D eigenvalue weighted by atomic mass is 9.99. The summed E-state index contributed by atoms with van der Waals surface area (Å²) in [4.78, 5) is 1.33. The van der Waals surface area contributed by atoms with Gasteiger partial charge in [-0.15, -0.1) is 11.3 Å². The second-order valence-electron chi connectivity index (χ2n) is 3.80. The molecule has 0 saturated heterocycles. The summed E-state index contributed by atoms with van der Waals surface area (Å²) in [5.41, 5.74) is 7.39. The molecule has 1 nitrogen and oxygen atoms in total. The maximum Gasteiger partial charge on any atom is 0.0704 e. The Morgan fingerprint density at radius 3 is 2.54 bits per heavy atom. The third-order valence-corrected chi connectivity index (χ3v) is 3.62. The van der Waals surface area contributed by atoms with Gasteiger partial charge in [0, 0.05) is 10.9 Å². The van der Waals surface area contributed by atoms with Crippen molar-refractivity contribution in [3.05, 3.63) is 20.3 Å². The number of rotatable bonds is 3. The van der Waals surface area contributed by atoms with E-state index in [0.29, 0.717) is 5.92 Å². The van der Waals surface area contributed by atoms with Gasteiger partial charge in [0.25, 0.3) is 0 Å². The molecule has 0 bridgehead atoms. The minimum atomic E-state index is 0.197. The summed E-state index contributed by atoms with van der Waals surface area (Å²) in [6.07, 6.45) is 1.06. The normalized spacial score (nSPS) is 13.7. The van der Waals surface area contributed by atoms with Crippen molar-refractivity contribution in [2.75, 3.05) is 0 Å². The van der Waals surface area contributed by atoms with Crippen LogP contribution in [0, 0.1) is 12.8 Å². The highest BCUT2D eigenvalue weighted by Gasteiger charge is 2.13. The van der Waals surface area contributed by atoms with Crippen molar-refractivity contribution in [3.8, 4) is 0 Å². The predicted molar refractivity (Wildman–Crippen MR) is 63.1 cm³/mol. The molecule has 1 rings (SSSR count). The molecular formula is C10H16BrNS. The van der Waals surface area contributed by atoms with Gasteiger partial charge in [-0.05, 0) is 46.8 Å². The molecule has 0 aromatic carbocycles. The van der Waals surface area contributed by atoms with Crippen LogP contribution >= 0.6 is 27.3 Å². The van der Waals surface area contributed by atoms with E-state index in [1.165, 1.54) is 14.2 Å². The lowest BCUT2D eigenvalue weighted by molar-refractivity contribution is 0.509. The Kier molecular flexibility index (Phi) is 3.95. The van der Waals surface area contributed by atoms with Crippen molar-refractivity contribution in [2.45, 2.75) is 33.2 Å². The summed E-state index contributed by atoms with van der Waals surface area (Å²) in [5.74, 6) is 0.660. The van der Waals surface area contributed by atoms with Crippen molar-refractivity contribution in [1.82, 2.24) is 0 Å². The Morgan fingerprint density at radius 1 is 1.54 bits per heavy atom. The van der Waals surface area contributed by atoms with Crippen LogP contribution in [0.25, 0.3) is 0 Å². The summed E-state index contributed by atoms with van der Waals surface area (Å²) >= 11 is 5.24. The second kappa shape index (κ2) is 4.58. The minimum Gasteiger partial charge on any atom is -0.324 e. The van der Waals surface area contributed by atoms with Crippen LogP contribution in [-0.4, -0.2) is 0 Å². The standard InChI is InChI=1S/C10H16BrNS/c1-6(2)4-9(12)8-5-10(11)13-7(8)3/h5-6,9H,4,12H2,1-3H3. The SMILES string of the molecule is Cc1sc(Br)cc1C(N)CC(C)C. The zero-order chi connectivity index (χ0) is 10.0. The highest BCUT2D eigenvalue weighted by molar-refractivity contribution is 9.11. The fourth-order valence-corrected chi connectivity index (χ4v) is 3.24. The van der Waals surface area contributed by atoms with Gasteiger partial charge in [-0.3, -0.25) is 0 Å². The van der Waals surface area contributed by atoms with E-state index in [4.69, 9.17) is 5.73 Å². The van der Waals surface area contributed by atoms with Crippen LogP contribution in [0.4, 0.5) is 0 Å². The molecule has 1 heterocycles. The first-order chi connectivity index (χ1) is 6.00. The molecule has 0 radical (unpaired) electrons. The molecule has 1 unspecified atom stereocenters. The largest absolute Gasteiger partial charge is 0.324 e. The van der Waals surface area contributed by atoms with Gasteiger partial charge < -0.3 is 5.73 Å². The first-order valence-electron chi connectivity index (χ1n) is 4.52. The van der Waals surface area contributed by atoms with Crippen LogP contribution in [0.3, 0.4) is 0 Å². The number of aryl methyl sites for hydroxylation is 1. The Bertz CT molecular complexity index is 280. The van der Waals surface area contributed by atoms with Crippen LogP contribution in [0.5, 0.6) is 0 Å². The first-order valence-corrected chi connectivity index (χ1v) is 6.13. The average Bonchev–Trinajstić information content (AvgIpc) is 2.28. The van der Waals surface area contributed by atoms with Crippen LogP contribution in [-0.2, 0) is 0 Å². The van der Waals surface area contributed by atoms with Gasteiger partial charge in [0.1, 0.15) is 0 Å². The van der Waals surface area contributed by atoms with Crippen molar-refractivity contribution in [1.29, 1.82) is 0 Å². The molecule has 0 amide bonds. The van der Waals surface area contributed by atoms with Gasteiger partial charge in [-0.25, -0.2) is 0 Å². The molecule has 0 spiro atoms. The van der Waals surface area contributed by atoms with Crippen LogP contribution in [0.15, 0.2) is 9.85 Å². The molecule has 3 heteroatoms. The van der Waals surface area contributed by atoms with Crippen molar-refractivity contribution in [2.24, 2.45) is 11.7 Å². The van der Waals surface area contributed by atoms with Gasteiger partial charge in [0.15, 0.2) is 0 Å². The summed E-state index contributed by atoms with van der Waals surface area (Å²) < 4.78 is 1.18. The molecule has 0 fully saturated rings. The molecule has 74 valence electrons. The number of hydrogen-bond acceptors (Lipinski definition) is 2. The smallest absolute Gasteiger partial charge is 0.0704 e. The van der Waals surface area contributed by atoms with Gasteiger partial charge in [0.05, 0.1) is 3.79 Å². The van der Waals surface area contributed by atoms with E-state index in [0.717, 1.165) is 6.42 Å². The molecule has 1 aromatic rings. The summed E-state index contributed by atoms with van der Waals surface area (Å²) in [6.45, 7) is 6.54. The van der Waals surface area contributed by atoms with Gasteiger partial charge in [0.2, 0.25) is 0 Å². The molecule has 0 saturated carbocycles. The molecule has 13 heavy (non-hydrogen) atoms. The third-order valence-electron chi connectivity index (χ3n) is 2.05. The quantitative estimate of drug-likeness (QED) is 0.879. The fourth-order valence-electron chi connectivity index (χ4n) is 1.46. The molecule has 1 atom stereocenters. The monoisotopic (exact) mass is 261 g/mol. The lowest BCUT2D eigenvalue weighted by Crippen LogP contribution is -2.12. The van der Waals surface area contributed by atoms with E-state index >= 15 is 0 Å². The molecule has 1 aromatic heterocycles. The number of halogens is 1. The highest BCUT2D eigenvalue weighted by atomic mass is 79.9. The van der Waals surface area contributed by atoms with Crippen molar-refractivity contribution < 1.29 is 0 Å². The van der Waals surface area contributed by atoms with Crippen LogP contribution in [0.1, 0.15) is 36.8 Å². The number of thiophene rings is 1. The lowest BCUT2D eigenvalue weighted by Gasteiger charge is -2.13. The second-order valence-corrected chi connectivity index (χ2v) is 6.43. The van der Waals surface area contributed by atoms with E-state index in [2.05, 4.69) is 42.8 Å². The third kappa shape index (κ3) is 3.08. The van der Waals surface area contributed by atoms with Gasteiger partial charge in [-0.2, -0.15) is 0 Å². The Balaban J connectivity index is 2.76.